The Kier molecular flexibility index (Phi) is 23.6. The van der Waals surface area contributed by atoms with Gasteiger partial charge in [0.25, 0.3) is 5.91 Å². The van der Waals surface area contributed by atoms with Gasteiger partial charge in [0.1, 0.15) is 11.4 Å². The van der Waals surface area contributed by atoms with Crippen LogP contribution in [0.1, 0.15) is 65.5 Å². The Labute approximate surface area is 531 Å². The van der Waals surface area contributed by atoms with Crippen molar-refractivity contribution in [2.45, 2.75) is 53.9 Å². The summed E-state index contributed by atoms with van der Waals surface area (Å²) in [5.74, 6) is -1.82. The third kappa shape index (κ3) is 19.2. The zero-order valence-electron chi connectivity index (χ0n) is 50.8. The Morgan fingerprint density at radius 2 is 0.806 bits per heavy atom. The van der Waals surface area contributed by atoms with Gasteiger partial charge in [0.2, 0.25) is 22.6 Å². The topological polar surface area (TPSA) is 385 Å². The number of aromatic carboxylic acids is 1. The van der Waals surface area contributed by atoms with E-state index in [4.69, 9.17) is 22.3 Å². The van der Waals surface area contributed by atoms with Crippen LogP contribution in [0.4, 0.5) is 4.39 Å². The molecule has 24 nitrogen and oxygen atoms in total. The third-order valence-corrected chi connectivity index (χ3v) is 13.5. The molecule has 1 amide bonds. The van der Waals surface area contributed by atoms with Gasteiger partial charge >= 0.3 is 5.97 Å². The number of carboxylic acids is 1. The number of aromatic amines is 3. The molecular formula is C68H63FN18O6. The quantitative estimate of drug-likeness (QED) is 0.0504. The molecule has 0 fully saturated rings. The Hall–Kier alpha value is -12.2. The van der Waals surface area contributed by atoms with Crippen LogP contribution in [0.2, 0.25) is 0 Å². The highest BCUT2D eigenvalue weighted by molar-refractivity contribution is 5.92. The van der Waals surface area contributed by atoms with Gasteiger partial charge in [0, 0.05) is 171 Å². The van der Waals surface area contributed by atoms with E-state index in [0.717, 1.165) is 101 Å². The molecule has 0 saturated carbocycles. The highest BCUT2D eigenvalue weighted by Gasteiger charge is 2.13. The van der Waals surface area contributed by atoms with E-state index in [-0.39, 0.29) is 28.3 Å². The molecule has 0 aliphatic rings. The van der Waals surface area contributed by atoms with Crippen molar-refractivity contribution >= 4 is 11.9 Å². The molecule has 0 aliphatic carbocycles. The summed E-state index contributed by atoms with van der Waals surface area (Å²) >= 11 is 0. The van der Waals surface area contributed by atoms with Crippen molar-refractivity contribution in [2.24, 2.45) is 17.2 Å². The van der Waals surface area contributed by atoms with Gasteiger partial charge in [0.15, 0.2) is 0 Å². The fourth-order valence-electron chi connectivity index (χ4n) is 9.02. The van der Waals surface area contributed by atoms with Crippen molar-refractivity contribution in [1.29, 1.82) is 0 Å². The second-order valence-electron chi connectivity index (χ2n) is 20.4. The van der Waals surface area contributed by atoms with Gasteiger partial charge in [-0.05, 0) is 121 Å². The van der Waals surface area contributed by atoms with Gasteiger partial charge in [-0.2, -0.15) is 4.39 Å². The second kappa shape index (κ2) is 32.9. The summed E-state index contributed by atoms with van der Waals surface area (Å²) in [6.45, 7) is 9.49. The van der Waals surface area contributed by atoms with Gasteiger partial charge in [-0.3, -0.25) is 64.0 Å². The van der Waals surface area contributed by atoms with Gasteiger partial charge in [-0.1, -0.05) is 24.3 Å². The smallest absolute Gasteiger partial charge is 0.354 e. The van der Waals surface area contributed by atoms with E-state index in [1.807, 2.05) is 64.1 Å². The van der Waals surface area contributed by atoms with E-state index >= 15 is 0 Å². The zero-order chi connectivity index (χ0) is 66.2. The number of halogens is 1. The molecule has 0 bridgehead atoms. The standard InChI is InChI=1S/C22H18N6O2.C12H12FN3.2C12H13N3O.C10H7N3O2/c1-14-8-15(10-27-21(14)16-4-5-25-20(29)9-16)11-28-22(30)18-3-2-17(12-26-18)19-13-23-6-7-24-19;1-8-4-9(6-14)7-16-12(8)10-2-3-15-11(13)5-10;2*1-8-4-9(6-13)7-15-12(8)10-2-3-14-11(16)5-10;14-10(15)8-2-1-7(5-13-8)9-6-11-3-4-12-9/h2-10,12-13H,11H2,1H3,(H,25,29)(H,28,30);2-5,7H,6,14H2,1H3;2*2-5,7H,6,13H2,1H3,(H,14,16);1-6H,(H,14,15). The van der Waals surface area contributed by atoms with Crippen molar-refractivity contribution in [3.05, 3.63) is 289 Å². The van der Waals surface area contributed by atoms with Crippen LogP contribution < -0.4 is 39.2 Å². The van der Waals surface area contributed by atoms with Gasteiger partial charge in [-0.25, -0.2) is 14.8 Å². The molecule has 0 spiro atoms. The Balaban J connectivity index is 0.000000155. The number of rotatable bonds is 13. The fourth-order valence-corrected chi connectivity index (χ4v) is 9.02. The predicted octanol–water partition coefficient (Wildman–Crippen LogP) is 8.22. The Bertz CT molecular complexity index is 4570. The number of aryl methyl sites for hydroxylation is 4. The van der Waals surface area contributed by atoms with Gasteiger partial charge in [-0.15, -0.1) is 0 Å². The summed E-state index contributed by atoms with van der Waals surface area (Å²) in [7, 11) is 0. The summed E-state index contributed by atoms with van der Waals surface area (Å²) in [4.78, 5) is 110. The van der Waals surface area contributed by atoms with Crippen LogP contribution in [-0.4, -0.2) is 86.8 Å². The van der Waals surface area contributed by atoms with E-state index < -0.39 is 11.9 Å². The van der Waals surface area contributed by atoms with E-state index in [9.17, 15) is 28.4 Å². The van der Waals surface area contributed by atoms with Crippen LogP contribution >= 0.6 is 0 Å². The molecular weight excluding hydrogens is 1180 g/mol. The lowest BCUT2D eigenvalue weighted by Gasteiger charge is -2.09. The fraction of sp³-hybridized carbons (Fsp3) is 0.118. The molecule has 12 aromatic rings. The van der Waals surface area contributed by atoms with Crippen LogP contribution in [0.5, 0.6) is 0 Å². The maximum Gasteiger partial charge on any atom is 0.354 e. The Morgan fingerprint density at radius 3 is 1.14 bits per heavy atom. The molecule has 93 heavy (non-hydrogen) atoms. The number of amides is 1. The minimum absolute atomic E-state index is 0.0163. The Morgan fingerprint density at radius 1 is 0.419 bits per heavy atom. The highest BCUT2D eigenvalue weighted by Crippen LogP contribution is 2.24. The first-order chi connectivity index (χ1) is 45.0. The number of nitrogens with two attached hydrogens (primary N) is 3. The summed E-state index contributed by atoms with van der Waals surface area (Å²) in [5.41, 5.74) is 33.4. The minimum atomic E-state index is -1.04. The number of carboxylic acid groups (broad SMARTS) is 1. The molecule has 0 atom stereocenters. The maximum atomic E-state index is 13.0. The average molecular weight is 1250 g/mol. The SMILES string of the molecule is Cc1cc(CN)cnc1-c1cc[nH]c(=O)c1.Cc1cc(CN)cnc1-c1cc[nH]c(=O)c1.Cc1cc(CN)cnc1-c1ccnc(F)c1.Cc1cc(CNC(=O)c2ccc(-c3cnccn3)cn2)cnc1-c1cc[nH]c(=O)c1.O=C(O)c1ccc(-c2cnccn2)cn1. The van der Waals surface area contributed by atoms with Crippen LogP contribution in [-0.2, 0) is 26.2 Å². The zero-order valence-corrected chi connectivity index (χ0v) is 50.8. The third-order valence-electron chi connectivity index (χ3n) is 13.5. The summed E-state index contributed by atoms with van der Waals surface area (Å²) in [5, 5.41) is 11.5. The first kappa shape index (κ1) is 66.8. The molecule has 468 valence electrons. The predicted molar refractivity (Wildman–Crippen MR) is 350 cm³/mol. The number of hydrogen-bond donors (Lipinski definition) is 8. The number of H-pyrrole nitrogens is 3. The van der Waals surface area contributed by atoms with E-state index in [1.54, 1.807) is 117 Å². The first-order valence-electron chi connectivity index (χ1n) is 28.6. The molecule has 12 heterocycles. The minimum Gasteiger partial charge on any atom is -0.477 e. The number of carbonyl (C=O) groups excluding carboxylic acids is 1. The van der Waals surface area contributed by atoms with Crippen molar-refractivity contribution in [3.63, 3.8) is 0 Å². The molecule has 0 unspecified atom stereocenters. The largest absolute Gasteiger partial charge is 0.477 e. The number of nitrogens with one attached hydrogen (secondary N) is 4. The number of aromatic nitrogens is 14. The first-order valence-corrected chi connectivity index (χ1v) is 28.6. The van der Waals surface area contributed by atoms with Gasteiger partial charge < -0.3 is 42.6 Å². The number of nitrogens with zero attached hydrogens (tertiary/aromatic N) is 11. The van der Waals surface area contributed by atoms with E-state index in [2.05, 4.69) is 75.1 Å². The molecule has 0 aliphatic heterocycles. The van der Waals surface area contributed by atoms with Crippen molar-refractivity contribution < 1.29 is 19.1 Å². The van der Waals surface area contributed by atoms with Crippen LogP contribution in [0.15, 0.2) is 211 Å². The maximum absolute atomic E-state index is 13.0. The summed E-state index contributed by atoms with van der Waals surface area (Å²) < 4.78 is 13.0. The molecule has 0 radical (unpaired) electrons. The summed E-state index contributed by atoms with van der Waals surface area (Å²) in [6, 6.07) is 27.6. The summed E-state index contributed by atoms with van der Waals surface area (Å²) in [6.07, 6.45) is 25.8. The lowest BCUT2D eigenvalue weighted by molar-refractivity contribution is 0.0690. The van der Waals surface area contributed by atoms with Crippen LogP contribution in [0.25, 0.3) is 67.5 Å². The average Bonchev–Trinajstić information content (AvgIpc) is 2.61. The highest BCUT2D eigenvalue weighted by atomic mass is 19.1. The number of hydrogen-bond acceptors (Lipinski definition) is 19. The van der Waals surface area contributed by atoms with Gasteiger partial charge in [0.05, 0.1) is 46.6 Å². The van der Waals surface area contributed by atoms with E-state index in [1.165, 1.54) is 42.7 Å². The monoisotopic (exact) mass is 1250 g/mol. The number of carbonyl (C=O) groups is 2. The lowest BCUT2D eigenvalue weighted by Crippen LogP contribution is -2.23. The normalized spacial score (nSPS) is 10.4. The lowest BCUT2D eigenvalue weighted by atomic mass is 10.1. The van der Waals surface area contributed by atoms with Crippen LogP contribution in [0, 0.1) is 33.6 Å². The van der Waals surface area contributed by atoms with Crippen LogP contribution in [0.3, 0.4) is 0 Å². The van der Waals surface area contributed by atoms with Crippen molar-refractivity contribution in [2.75, 3.05) is 0 Å². The van der Waals surface area contributed by atoms with E-state index in [0.29, 0.717) is 43.3 Å². The van der Waals surface area contributed by atoms with Crippen molar-refractivity contribution in [1.82, 2.24) is 75.1 Å². The molecule has 25 heteroatoms. The molecule has 11 N–H and O–H groups in total. The molecule has 0 saturated heterocycles. The number of pyridine rings is 10. The molecule has 12 aromatic heterocycles. The second-order valence-corrected chi connectivity index (χ2v) is 20.4. The van der Waals surface area contributed by atoms with Crippen molar-refractivity contribution in [3.8, 4) is 67.5 Å². The molecule has 12 rings (SSSR count). The molecule has 0 aromatic carbocycles.